The molecule has 0 aliphatic rings. The van der Waals surface area contributed by atoms with Crippen molar-refractivity contribution in [2.45, 2.75) is 33.8 Å². The first-order valence-electron chi connectivity index (χ1n) is 5.69. The van der Waals surface area contributed by atoms with Gasteiger partial charge >= 0.3 is 0 Å². The quantitative estimate of drug-likeness (QED) is 0.883. The Kier molecular flexibility index (Phi) is 3.13. The topological polar surface area (TPSA) is 50.8 Å². The minimum absolute atomic E-state index is 0.152. The minimum atomic E-state index is -0.152. The molecule has 2 rings (SSSR count). The molecule has 0 radical (unpaired) electrons. The maximum atomic E-state index is 5.88. The molecule has 0 aliphatic heterocycles. The summed E-state index contributed by atoms with van der Waals surface area (Å²) in [5.74, 6) is 2.37. The smallest absolute Gasteiger partial charge is 0.191 e. The van der Waals surface area contributed by atoms with E-state index in [1.165, 1.54) is 5.56 Å². The maximum Gasteiger partial charge on any atom is 0.191 e. The molecule has 0 unspecified atom stereocenters. The molecule has 1 atom stereocenters. The third kappa shape index (κ3) is 2.64. The summed E-state index contributed by atoms with van der Waals surface area (Å²) in [6, 6.07) is 6.16. The van der Waals surface area contributed by atoms with Gasteiger partial charge in [-0.25, -0.2) is 4.98 Å². The summed E-state index contributed by atoms with van der Waals surface area (Å²) >= 11 is 0. The predicted molar refractivity (Wildman–Crippen MR) is 66.1 cm³/mol. The SMILES string of the molecule is Cc1ccc(C)c(O[C@@H](C)c2n[nH]c(C)n2)c1. The van der Waals surface area contributed by atoms with Crippen LogP contribution < -0.4 is 4.74 Å². The minimum Gasteiger partial charge on any atom is -0.482 e. The van der Waals surface area contributed by atoms with Crippen molar-refractivity contribution in [1.82, 2.24) is 15.2 Å². The lowest BCUT2D eigenvalue weighted by Gasteiger charge is -2.14. The van der Waals surface area contributed by atoms with Gasteiger partial charge in [-0.05, 0) is 44.9 Å². The number of nitrogens with one attached hydrogen (secondary N) is 1. The van der Waals surface area contributed by atoms with Crippen LogP contribution in [0.15, 0.2) is 18.2 Å². The molecule has 0 saturated heterocycles. The van der Waals surface area contributed by atoms with Crippen molar-refractivity contribution in [3.8, 4) is 5.75 Å². The van der Waals surface area contributed by atoms with Gasteiger partial charge in [-0.15, -0.1) is 0 Å². The van der Waals surface area contributed by atoms with Crippen LogP contribution in [0.3, 0.4) is 0 Å². The lowest BCUT2D eigenvalue weighted by Crippen LogP contribution is -2.06. The third-order valence-electron chi connectivity index (χ3n) is 2.63. The van der Waals surface area contributed by atoms with E-state index >= 15 is 0 Å². The van der Waals surface area contributed by atoms with Crippen LogP contribution in [-0.4, -0.2) is 15.2 Å². The third-order valence-corrected chi connectivity index (χ3v) is 2.63. The molecular weight excluding hydrogens is 214 g/mol. The normalized spacial score (nSPS) is 12.5. The lowest BCUT2D eigenvalue weighted by atomic mass is 10.1. The predicted octanol–water partition coefficient (Wildman–Crippen LogP) is 2.87. The number of hydrogen-bond acceptors (Lipinski definition) is 3. The Bertz CT molecular complexity index is 519. The van der Waals surface area contributed by atoms with Crippen molar-refractivity contribution >= 4 is 0 Å². The fraction of sp³-hybridized carbons (Fsp3) is 0.385. The Balaban J connectivity index is 2.18. The Morgan fingerprint density at radius 1 is 1.24 bits per heavy atom. The maximum absolute atomic E-state index is 5.88. The van der Waals surface area contributed by atoms with Gasteiger partial charge in [-0.3, -0.25) is 5.10 Å². The molecular formula is C13H17N3O. The van der Waals surface area contributed by atoms with E-state index in [0.717, 1.165) is 17.1 Å². The molecule has 90 valence electrons. The number of aryl methyl sites for hydroxylation is 3. The molecule has 0 aliphatic carbocycles. The molecule has 2 aromatic rings. The van der Waals surface area contributed by atoms with Crippen molar-refractivity contribution in [2.75, 3.05) is 0 Å². The van der Waals surface area contributed by atoms with Crippen LogP contribution in [0.1, 0.15) is 35.8 Å². The van der Waals surface area contributed by atoms with Gasteiger partial charge in [-0.1, -0.05) is 12.1 Å². The molecule has 1 N–H and O–H groups in total. The Morgan fingerprint density at radius 3 is 2.65 bits per heavy atom. The summed E-state index contributed by atoms with van der Waals surface area (Å²) in [6.45, 7) is 7.91. The van der Waals surface area contributed by atoms with E-state index in [0.29, 0.717) is 5.82 Å². The summed E-state index contributed by atoms with van der Waals surface area (Å²) in [5, 5.41) is 6.92. The fourth-order valence-electron chi connectivity index (χ4n) is 1.62. The van der Waals surface area contributed by atoms with Gasteiger partial charge in [-0.2, -0.15) is 5.10 Å². The molecule has 4 nitrogen and oxygen atoms in total. The molecule has 0 bridgehead atoms. The average Bonchev–Trinajstić information content (AvgIpc) is 2.70. The molecule has 1 aromatic heterocycles. The van der Waals surface area contributed by atoms with Crippen LogP contribution in [-0.2, 0) is 0 Å². The van der Waals surface area contributed by atoms with Gasteiger partial charge in [0.05, 0.1) is 0 Å². The molecule has 1 heterocycles. The van der Waals surface area contributed by atoms with Crippen LogP contribution in [0.5, 0.6) is 5.75 Å². The molecule has 4 heteroatoms. The van der Waals surface area contributed by atoms with Gasteiger partial charge in [0.15, 0.2) is 11.9 Å². The number of aromatic amines is 1. The second kappa shape index (κ2) is 4.57. The van der Waals surface area contributed by atoms with Gasteiger partial charge in [0.2, 0.25) is 0 Å². The van der Waals surface area contributed by atoms with Gasteiger partial charge in [0.1, 0.15) is 11.6 Å². The van der Waals surface area contributed by atoms with Crippen LogP contribution in [0.4, 0.5) is 0 Å². The second-order valence-electron chi connectivity index (χ2n) is 4.31. The highest BCUT2D eigenvalue weighted by atomic mass is 16.5. The van der Waals surface area contributed by atoms with Crippen LogP contribution >= 0.6 is 0 Å². The summed E-state index contributed by atoms with van der Waals surface area (Å²) < 4.78 is 5.88. The Morgan fingerprint density at radius 2 is 2.00 bits per heavy atom. The number of ether oxygens (including phenoxy) is 1. The Labute approximate surface area is 101 Å². The van der Waals surface area contributed by atoms with Crippen LogP contribution in [0.25, 0.3) is 0 Å². The number of benzene rings is 1. The van der Waals surface area contributed by atoms with Crippen molar-refractivity contribution in [1.29, 1.82) is 0 Å². The van der Waals surface area contributed by atoms with Crippen LogP contribution in [0.2, 0.25) is 0 Å². The van der Waals surface area contributed by atoms with E-state index in [9.17, 15) is 0 Å². The first-order chi connectivity index (χ1) is 8.06. The van der Waals surface area contributed by atoms with E-state index in [2.05, 4.69) is 27.3 Å². The Hall–Kier alpha value is -1.84. The van der Waals surface area contributed by atoms with E-state index < -0.39 is 0 Å². The highest BCUT2D eigenvalue weighted by molar-refractivity contribution is 5.36. The summed E-state index contributed by atoms with van der Waals surface area (Å²) in [6.07, 6.45) is -0.152. The molecule has 0 saturated carbocycles. The second-order valence-corrected chi connectivity index (χ2v) is 4.31. The first-order valence-corrected chi connectivity index (χ1v) is 5.69. The van der Waals surface area contributed by atoms with Crippen LogP contribution in [0, 0.1) is 20.8 Å². The zero-order chi connectivity index (χ0) is 12.4. The van der Waals surface area contributed by atoms with E-state index in [4.69, 9.17) is 4.74 Å². The van der Waals surface area contributed by atoms with Gasteiger partial charge in [0.25, 0.3) is 0 Å². The van der Waals surface area contributed by atoms with Crippen molar-refractivity contribution < 1.29 is 4.74 Å². The number of aromatic nitrogens is 3. The zero-order valence-corrected chi connectivity index (χ0v) is 10.6. The van der Waals surface area contributed by atoms with E-state index in [1.807, 2.05) is 33.8 Å². The fourth-order valence-corrected chi connectivity index (χ4v) is 1.62. The van der Waals surface area contributed by atoms with Gasteiger partial charge < -0.3 is 4.74 Å². The summed E-state index contributed by atoms with van der Waals surface area (Å²) in [7, 11) is 0. The first kappa shape index (κ1) is 11.6. The average molecular weight is 231 g/mol. The number of nitrogens with zero attached hydrogens (tertiary/aromatic N) is 2. The number of hydrogen-bond donors (Lipinski definition) is 1. The van der Waals surface area contributed by atoms with Crippen molar-refractivity contribution in [3.63, 3.8) is 0 Å². The van der Waals surface area contributed by atoms with Crippen molar-refractivity contribution in [3.05, 3.63) is 41.0 Å². The largest absolute Gasteiger partial charge is 0.482 e. The van der Waals surface area contributed by atoms with E-state index in [-0.39, 0.29) is 6.10 Å². The summed E-state index contributed by atoms with van der Waals surface area (Å²) in [4.78, 5) is 4.27. The zero-order valence-electron chi connectivity index (χ0n) is 10.6. The monoisotopic (exact) mass is 231 g/mol. The number of rotatable bonds is 3. The molecule has 0 amide bonds. The highest BCUT2D eigenvalue weighted by Gasteiger charge is 2.13. The molecule has 17 heavy (non-hydrogen) atoms. The molecule has 0 fully saturated rings. The lowest BCUT2D eigenvalue weighted by molar-refractivity contribution is 0.215. The summed E-state index contributed by atoms with van der Waals surface area (Å²) in [5.41, 5.74) is 2.30. The standard InChI is InChI=1S/C13H17N3O/c1-8-5-6-9(2)12(7-8)17-10(3)13-14-11(4)15-16-13/h5-7,10H,1-4H3,(H,14,15,16)/t10-/m0/s1. The number of H-pyrrole nitrogens is 1. The molecule has 1 aromatic carbocycles. The van der Waals surface area contributed by atoms with Crippen molar-refractivity contribution in [2.24, 2.45) is 0 Å². The highest BCUT2D eigenvalue weighted by Crippen LogP contribution is 2.24. The van der Waals surface area contributed by atoms with Gasteiger partial charge in [0, 0.05) is 0 Å². The van der Waals surface area contributed by atoms with E-state index in [1.54, 1.807) is 0 Å². The molecule has 0 spiro atoms.